The van der Waals surface area contributed by atoms with E-state index in [1.165, 1.54) is 11.1 Å². The second-order valence-corrected chi connectivity index (χ2v) is 2.92. The lowest BCUT2D eigenvalue weighted by Gasteiger charge is -2.03. The summed E-state index contributed by atoms with van der Waals surface area (Å²) in [4.78, 5) is 0. The monoisotopic (exact) mass is 196 g/mol. The first kappa shape index (κ1) is 10.1. The normalized spacial score (nSPS) is 10.6. The molecule has 0 amide bonds. The van der Waals surface area contributed by atoms with E-state index >= 15 is 0 Å². The summed E-state index contributed by atoms with van der Waals surface area (Å²) in [6, 6.07) is 8.08. The molecule has 13 heavy (non-hydrogen) atoms. The first-order chi connectivity index (χ1) is 6.36. The zero-order valence-corrected chi connectivity index (χ0v) is 8.42. The number of halogens is 1. The molecular formula is C11H13ClO. The fraction of sp³-hybridized carbons (Fsp3) is 0.273. The molecule has 0 aliphatic rings. The molecule has 0 N–H and O–H groups in total. The van der Waals surface area contributed by atoms with Gasteiger partial charge in [0.25, 0.3) is 0 Å². The summed E-state index contributed by atoms with van der Waals surface area (Å²) >= 11 is 5.35. The quantitative estimate of drug-likeness (QED) is 0.718. The van der Waals surface area contributed by atoms with E-state index in [0.717, 1.165) is 12.2 Å². The van der Waals surface area contributed by atoms with Crippen molar-refractivity contribution in [2.45, 2.75) is 13.3 Å². The highest BCUT2D eigenvalue weighted by Crippen LogP contribution is 2.12. The Labute approximate surface area is 84.0 Å². The first-order valence-corrected chi connectivity index (χ1v) is 4.77. The van der Waals surface area contributed by atoms with Crippen LogP contribution in [0.3, 0.4) is 0 Å². The molecule has 1 aromatic rings. The molecule has 1 rings (SSSR count). The number of ether oxygens (including phenoxy) is 1. The lowest BCUT2D eigenvalue weighted by Crippen LogP contribution is -1.92. The minimum absolute atomic E-state index is 0.523. The summed E-state index contributed by atoms with van der Waals surface area (Å²) in [7, 11) is 0. The Balaban J connectivity index is 2.49. The highest BCUT2D eigenvalue weighted by Gasteiger charge is 1.91. The van der Waals surface area contributed by atoms with Crippen LogP contribution in [-0.4, -0.2) is 6.61 Å². The van der Waals surface area contributed by atoms with Gasteiger partial charge in [0.05, 0.1) is 0 Å². The predicted molar refractivity (Wildman–Crippen MR) is 56.3 cm³/mol. The van der Waals surface area contributed by atoms with Crippen molar-refractivity contribution in [3.05, 3.63) is 41.4 Å². The molecule has 0 aliphatic carbocycles. The molecule has 2 heteroatoms. The number of hydrogen-bond acceptors (Lipinski definition) is 1. The number of benzene rings is 1. The number of aryl methyl sites for hydroxylation is 1. The average molecular weight is 197 g/mol. The predicted octanol–water partition coefficient (Wildman–Crippen LogP) is 3.38. The molecule has 1 nitrogen and oxygen atoms in total. The van der Waals surface area contributed by atoms with Crippen LogP contribution in [0.15, 0.2) is 35.9 Å². The third-order valence-corrected chi connectivity index (χ3v) is 1.95. The molecule has 0 saturated heterocycles. The van der Waals surface area contributed by atoms with Gasteiger partial charge in [-0.1, -0.05) is 30.7 Å². The van der Waals surface area contributed by atoms with Gasteiger partial charge in [-0.15, -0.1) is 0 Å². The van der Waals surface area contributed by atoms with Crippen LogP contribution in [0.1, 0.15) is 12.5 Å². The molecule has 0 aromatic heterocycles. The molecule has 0 heterocycles. The van der Waals surface area contributed by atoms with Crippen LogP contribution < -0.4 is 4.74 Å². The fourth-order valence-electron chi connectivity index (χ4n) is 1.00. The molecule has 0 spiro atoms. The molecule has 0 unspecified atom stereocenters. The Bertz CT molecular complexity index is 264. The van der Waals surface area contributed by atoms with Crippen LogP contribution in [0, 0.1) is 0 Å². The van der Waals surface area contributed by atoms with E-state index in [9.17, 15) is 0 Å². The maximum absolute atomic E-state index is 5.37. The molecule has 0 aliphatic heterocycles. The third-order valence-electron chi connectivity index (χ3n) is 1.77. The Hall–Kier alpha value is -0.950. The van der Waals surface area contributed by atoms with E-state index in [2.05, 4.69) is 19.1 Å². The van der Waals surface area contributed by atoms with Gasteiger partial charge in [0.2, 0.25) is 0 Å². The minimum Gasteiger partial charge on any atom is -0.490 e. The van der Waals surface area contributed by atoms with Crippen molar-refractivity contribution < 1.29 is 4.74 Å². The molecule has 0 fully saturated rings. The Kier molecular flexibility index (Phi) is 4.41. The summed E-state index contributed by atoms with van der Waals surface area (Å²) in [6.07, 6.45) is 2.82. The van der Waals surface area contributed by atoms with E-state index in [1.54, 1.807) is 6.08 Å². The van der Waals surface area contributed by atoms with Gasteiger partial charge >= 0.3 is 0 Å². The van der Waals surface area contributed by atoms with E-state index in [1.807, 2.05) is 12.1 Å². The van der Waals surface area contributed by atoms with Gasteiger partial charge in [0, 0.05) is 5.54 Å². The Morgan fingerprint density at radius 2 is 2.00 bits per heavy atom. The van der Waals surface area contributed by atoms with Crippen molar-refractivity contribution in [3.63, 3.8) is 0 Å². The fourth-order valence-corrected chi connectivity index (χ4v) is 1.07. The molecular weight excluding hydrogens is 184 g/mol. The van der Waals surface area contributed by atoms with Crippen LogP contribution in [-0.2, 0) is 6.42 Å². The van der Waals surface area contributed by atoms with Crippen LogP contribution in [0.4, 0.5) is 0 Å². The van der Waals surface area contributed by atoms with Crippen molar-refractivity contribution in [2.24, 2.45) is 0 Å². The van der Waals surface area contributed by atoms with E-state index in [4.69, 9.17) is 16.3 Å². The van der Waals surface area contributed by atoms with Gasteiger partial charge in [-0.3, -0.25) is 0 Å². The maximum atomic E-state index is 5.37. The van der Waals surface area contributed by atoms with Gasteiger partial charge in [-0.05, 0) is 30.2 Å². The van der Waals surface area contributed by atoms with Crippen molar-refractivity contribution in [1.29, 1.82) is 0 Å². The largest absolute Gasteiger partial charge is 0.490 e. The van der Waals surface area contributed by atoms with E-state index in [0.29, 0.717) is 6.61 Å². The van der Waals surface area contributed by atoms with Crippen molar-refractivity contribution in [3.8, 4) is 5.75 Å². The van der Waals surface area contributed by atoms with Gasteiger partial charge < -0.3 is 4.74 Å². The third kappa shape index (κ3) is 3.51. The molecule has 0 saturated carbocycles. The van der Waals surface area contributed by atoms with Crippen molar-refractivity contribution in [1.82, 2.24) is 0 Å². The summed E-state index contributed by atoms with van der Waals surface area (Å²) in [6.45, 7) is 2.65. The summed E-state index contributed by atoms with van der Waals surface area (Å²) in [5.41, 5.74) is 2.78. The van der Waals surface area contributed by atoms with E-state index in [-0.39, 0.29) is 0 Å². The minimum atomic E-state index is 0.523. The second-order valence-electron chi connectivity index (χ2n) is 2.67. The lowest BCUT2D eigenvalue weighted by atomic mass is 10.2. The van der Waals surface area contributed by atoms with Crippen molar-refractivity contribution in [2.75, 3.05) is 6.61 Å². The van der Waals surface area contributed by atoms with E-state index < -0.39 is 0 Å². The lowest BCUT2D eigenvalue weighted by molar-refractivity contribution is 0.363. The van der Waals surface area contributed by atoms with Gasteiger partial charge in [0.1, 0.15) is 12.4 Å². The SMILES string of the molecule is CCc1ccc(OCC=CCl)cc1. The van der Waals surface area contributed by atoms with Gasteiger partial charge in [-0.25, -0.2) is 0 Å². The Morgan fingerprint density at radius 3 is 2.54 bits per heavy atom. The van der Waals surface area contributed by atoms with Gasteiger partial charge in [-0.2, -0.15) is 0 Å². The topological polar surface area (TPSA) is 9.23 Å². The number of hydrogen-bond donors (Lipinski definition) is 0. The summed E-state index contributed by atoms with van der Waals surface area (Å²) in [5.74, 6) is 0.881. The summed E-state index contributed by atoms with van der Waals surface area (Å²) < 4.78 is 5.37. The number of rotatable bonds is 4. The Morgan fingerprint density at radius 1 is 1.31 bits per heavy atom. The highest BCUT2D eigenvalue weighted by molar-refractivity contribution is 6.25. The van der Waals surface area contributed by atoms with Crippen LogP contribution in [0.25, 0.3) is 0 Å². The molecule has 0 radical (unpaired) electrons. The van der Waals surface area contributed by atoms with Crippen molar-refractivity contribution >= 4 is 11.6 Å². The highest BCUT2D eigenvalue weighted by atomic mass is 35.5. The first-order valence-electron chi connectivity index (χ1n) is 4.33. The molecule has 0 atom stereocenters. The molecule has 0 bridgehead atoms. The van der Waals surface area contributed by atoms with Crippen LogP contribution in [0.2, 0.25) is 0 Å². The molecule has 1 aromatic carbocycles. The standard InChI is InChI=1S/C11H13ClO/c1-2-10-4-6-11(7-5-10)13-9-3-8-12/h3-8H,2,9H2,1H3. The average Bonchev–Trinajstić information content (AvgIpc) is 2.19. The van der Waals surface area contributed by atoms with Gasteiger partial charge in [0.15, 0.2) is 0 Å². The van der Waals surface area contributed by atoms with Crippen LogP contribution in [0.5, 0.6) is 5.75 Å². The zero-order valence-electron chi connectivity index (χ0n) is 7.66. The second kappa shape index (κ2) is 5.65. The van der Waals surface area contributed by atoms with Crippen LogP contribution >= 0.6 is 11.6 Å². The zero-order chi connectivity index (χ0) is 9.52. The maximum Gasteiger partial charge on any atom is 0.119 e. The smallest absolute Gasteiger partial charge is 0.119 e. The molecule has 70 valence electrons. The summed E-state index contributed by atoms with van der Waals surface area (Å²) in [5, 5.41) is 0.